The number of non-ortho nitro benzene ring substituents is 2. The van der Waals surface area contributed by atoms with Crippen molar-refractivity contribution in [3.63, 3.8) is 0 Å². The number of hydrogen-bond acceptors (Lipinski definition) is 12. The molecule has 2 aromatic heterocycles. The summed E-state index contributed by atoms with van der Waals surface area (Å²) >= 11 is 3.41. The van der Waals surface area contributed by atoms with Crippen molar-refractivity contribution in [2.45, 2.75) is 70.4 Å². The third kappa shape index (κ3) is 9.59. The molecule has 2 unspecified atom stereocenters. The molecule has 19 heteroatoms. The molecule has 3 fully saturated rings. The number of nitrogens with zero attached hydrogens (tertiary/aromatic N) is 7. The molecule has 61 heavy (non-hydrogen) atoms. The molecule has 320 valence electrons. The molecule has 4 aromatic carbocycles. The van der Waals surface area contributed by atoms with Gasteiger partial charge in [0.15, 0.2) is 28.9 Å². The fourth-order valence-electron chi connectivity index (χ4n) is 7.50. The summed E-state index contributed by atoms with van der Waals surface area (Å²) in [6.45, 7) is 7.26. The monoisotopic (exact) mass is 905 g/mol. The van der Waals surface area contributed by atoms with Gasteiger partial charge in [0.2, 0.25) is 0 Å². The van der Waals surface area contributed by atoms with Gasteiger partial charge >= 0.3 is 0 Å². The van der Waals surface area contributed by atoms with E-state index in [1.807, 2.05) is 43.1 Å². The lowest BCUT2D eigenvalue weighted by atomic mass is 10.1. The fraction of sp³-hybridized carbons (Fsp3) is 0.381. The molecule has 3 aliphatic rings. The molecule has 2 atom stereocenters. The SMILES string of the molecule is CC1(C)CN(c2cc3nn(C4CCCCO4)cc3cc2Oc2ccc([N+](=O)[O-])cc2F)CCO1.O=[N+]([O-])c1ccc(Oc2cc3cn(C4CCCCO4)nc3cc2Br)c(F)c1. The van der Waals surface area contributed by atoms with Crippen LogP contribution in [-0.4, -0.2) is 67.9 Å². The van der Waals surface area contributed by atoms with Crippen LogP contribution in [0.5, 0.6) is 23.0 Å². The Morgan fingerprint density at radius 1 is 0.721 bits per heavy atom. The summed E-state index contributed by atoms with van der Waals surface area (Å²) in [7, 11) is 0. The van der Waals surface area contributed by atoms with Gasteiger partial charge in [-0.15, -0.1) is 0 Å². The molecule has 3 saturated heterocycles. The van der Waals surface area contributed by atoms with Gasteiger partial charge in [-0.25, -0.2) is 18.1 Å². The van der Waals surface area contributed by atoms with Crippen molar-refractivity contribution in [3.05, 3.63) is 109 Å². The summed E-state index contributed by atoms with van der Waals surface area (Å²) in [6, 6.07) is 13.9. The Labute approximate surface area is 356 Å². The van der Waals surface area contributed by atoms with Crippen LogP contribution >= 0.6 is 15.9 Å². The average Bonchev–Trinajstić information content (AvgIpc) is 3.86. The van der Waals surface area contributed by atoms with E-state index in [4.69, 9.17) is 28.8 Å². The van der Waals surface area contributed by atoms with E-state index in [0.29, 0.717) is 42.3 Å². The minimum atomic E-state index is -0.803. The number of fused-ring (bicyclic) bond motifs is 2. The van der Waals surface area contributed by atoms with Crippen LogP contribution in [0.3, 0.4) is 0 Å². The number of hydrogen-bond donors (Lipinski definition) is 0. The molecule has 9 rings (SSSR count). The largest absolute Gasteiger partial charge is 0.453 e. The third-order valence-electron chi connectivity index (χ3n) is 10.5. The summed E-state index contributed by atoms with van der Waals surface area (Å²) in [5, 5.41) is 32.7. The fourth-order valence-corrected chi connectivity index (χ4v) is 7.91. The maximum Gasteiger partial charge on any atom is 0.272 e. The van der Waals surface area contributed by atoms with Crippen LogP contribution < -0.4 is 14.4 Å². The van der Waals surface area contributed by atoms with E-state index in [1.54, 1.807) is 16.8 Å². The Kier molecular flexibility index (Phi) is 12.2. The number of benzene rings is 4. The van der Waals surface area contributed by atoms with Crippen molar-refractivity contribution in [1.82, 2.24) is 19.6 Å². The molecule has 0 amide bonds. The smallest absolute Gasteiger partial charge is 0.272 e. The maximum absolute atomic E-state index is 14.7. The highest BCUT2D eigenvalue weighted by molar-refractivity contribution is 9.10. The molecule has 5 heterocycles. The van der Waals surface area contributed by atoms with Gasteiger partial charge in [-0.05, 0) is 105 Å². The number of nitro groups is 2. The zero-order valence-corrected chi connectivity index (χ0v) is 34.9. The number of halogens is 3. The zero-order chi connectivity index (χ0) is 42.8. The average molecular weight is 907 g/mol. The minimum absolute atomic E-state index is 0.0817. The molecule has 16 nitrogen and oxygen atoms in total. The second-order valence-corrected chi connectivity index (χ2v) is 16.4. The van der Waals surface area contributed by atoms with Gasteiger partial charge in [0.05, 0.1) is 55.4 Å². The van der Waals surface area contributed by atoms with Crippen molar-refractivity contribution < 1.29 is 42.3 Å². The molecular weight excluding hydrogens is 864 g/mol. The highest BCUT2D eigenvalue weighted by Gasteiger charge is 2.30. The lowest BCUT2D eigenvalue weighted by Crippen LogP contribution is -2.48. The zero-order valence-electron chi connectivity index (χ0n) is 33.3. The van der Waals surface area contributed by atoms with Gasteiger partial charge < -0.3 is 28.6 Å². The first-order chi connectivity index (χ1) is 29.3. The number of morpholine rings is 1. The second-order valence-electron chi connectivity index (χ2n) is 15.6. The summed E-state index contributed by atoms with van der Waals surface area (Å²) in [4.78, 5) is 22.6. The van der Waals surface area contributed by atoms with Crippen LogP contribution in [0.15, 0.2) is 77.5 Å². The van der Waals surface area contributed by atoms with Crippen LogP contribution in [0.2, 0.25) is 0 Å². The Balaban J connectivity index is 0.000000173. The summed E-state index contributed by atoms with van der Waals surface area (Å²) in [6.07, 6.45) is 9.69. The Bertz CT molecular complexity index is 2590. The predicted octanol–water partition coefficient (Wildman–Crippen LogP) is 10.5. The first-order valence-electron chi connectivity index (χ1n) is 19.9. The molecule has 3 aliphatic heterocycles. The number of rotatable bonds is 9. The summed E-state index contributed by atoms with van der Waals surface area (Å²) < 4.78 is 62.1. The van der Waals surface area contributed by atoms with Crippen molar-refractivity contribution >= 4 is 54.8 Å². The van der Waals surface area contributed by atoms with Crippen molar-refractivity contribution in [1.29, 1.82) is 0 Å². The second kappa shape index (κ2) is 17.7. The molecule has 0 aliphatic carbocycles. The lowest BCUT2D eigenvalue weighted by Gasteiger charge is -2.39. The van der Waals surface area contributed by atoms with Gasteiger partial charge in [-0.1, -0.05) is 0 Å². The number of anilines is 1. The molecule has 0 saturated carbocycles. The van der Waals surface area contributed by atoms with E-state index in [9.17, 15) is 29.0 Å². The standard InChI is InChI=1S/C24H27FN4O5.C18H15BrFN3O4/c1-24(2)15-27(8-10-33-24)20-13-19-16(14-28(26-19)23-5-3-4-9-32-23)11-22(20)34-21-7-6-17(29(30)31)12-18(21)25;19-13-9-15-11(10-22(21-15)18-3-1-2-6-26-18)7-17(13)27-16-5-4-12(23(24)25)8-14(16)20/h6-7,11-14,23H,3-5,8-10,15H2,1-2H3;4-5,7-10,18H,1-3,6H2. The maximum atomic E-state index is 14.7. The Morgan fingerprint density at radius 2 is 1.25 bits per heavy atom. The molecule has 6 aromatic rings. The molecule has 0 radical (unpaired) electrons. The quantitative estimate of drug-likeness (QED) is 0.0994. The summed E-state index contributed by atoms with van der Waals surface area (Å²) in [5.74, 6) is -0.942. The van der Waals surface area contributed by atoms with Crippen LogP contribution in [0.4, 0.5) is 25.8 Å². The van der Waals surface area contributed by atoms with Gasteiger partial charge in [0, 0.05) is 61.6 Å². The van der Waals surface area contributed by atoms with Crippen LogP contribution in [0.25, 0.3) is 21.8 Å². The molecule has 0 N–H and O–H groups in total. The van der Waals surface area contributed by atoms with E-state index in [2.05, 4.69) is 25.9 Å². The van der Waals surface area contributed by atoms with E-state index >= 15 is 0 Å². The van der Waals surface area contributed by atoms with E-state index < -0.39 is 21.5 Å². The predicted molar refractivity (Wildman–Crippen MR) is 223 cm³/mol. The van der Waals surface area contributed by atoms with E-state index in [1.165, 1.54) is 24.3 Å². The van der Waals surface area contributed by atoms with Gasteiger partial charge in [-0.2, -0.15) is 10.2 Å². The third-order valence-corrected chi connectivity index (χ3v) is 11.2. The lowest BCUT2D eigenvalue weighted by molar-refractivity contribution is -0.385. The van der Waals surface area contributed by atoms with Crippen molar-refractivity contribution in [2.24, 2.45) is 0 Å². The van der Waals surface area contributed by atoms with Gasteiger partial charge in [0.1, 0.15) is 18.2 Å². The van der Waals surface area contributed by atoms with E-state index in [0.717, 1.165) is 84.8 Å². The Morgan fingerprint density at radius 3 is 1.74 bits per heavy atom. The minimum Gasteiger partial charge on any atom is -0.453 e. The highest BCUT2D eigenvalue weighted by Crippen LogP contribution is 2.40. The van der Waals surface area contributed by atoms with Crippen LogP contribution in [0, 0.1) is 31.9 Å². The first kappa shape index (κ1) is 42.0. The summed E-state index contributed by atoms with van der Waals surface area (Å²) in [5.41, 5.74) is 1.28. The molecular formula is C42H42BrF2N7O9. The Hall–Kier alpha value is -5.76. The van der Waals surface area contributed by atoms with E-state index in [-0.39, 0.29) is 40.9 Å². The van der Waals surface area contributed by atoms with Gasteiger partial charge in [-0.3, -0.25) is 20.2 Å². The first-order valence-corrected chi connectivity index (χ1v) is 20.7. The number of aromatic nitrogens is 4. The van der Waals surface area contributed by atoms with Gasteiger partial charge in [0.25, 0.3) is 11.4 Å². The number of nitro benzene ring substituents is 2. The highest BCUT2D eigenvalue weighted by atomic mass is 79.9. The number of ether oxygens (including phenoxy) is 5. The topological polar surface area (TPSA) is 171 Å². The van der Waals surface area contributed by atoms with Crippen LogP contribution in [-0.2, 0) is 14.2 Å². The van der Waals surface area contributed by atoms with Crippen molar-refractivity contribution in [2.75, 3.05) is 37.8 Å². The van der Waals surface area contributed by atoms with Crippen molar-refractivity contribution in [3.8, 4) is 23.0 Å². The normalized spacial score (nSPS) is 19.0. The molecule has 0 bridgehead atoms. The van der Waals surface area contributed by atoms with Crippen LogP contribution in [0.1, 0.15) is 64.8 Å². The molecule has 0 spiro atoms.